The summed E-state index contributed by atoms with van der Waals surface area (Å²) in [5.41, 5.74) is 1.84. The number of amides is 1. The summed E-state index contributed by atoms with van der Waals surface area (Å²) in [5.74, 6) is -1.38. The summed E-state index contributed by atoms with van der Waals surface area (Å²) < 4.78 is 26.3. The van der Waals surface area contributed by atoms with Crippen LogP contribution < -0.4 is 14.4 Å². The minimum atomic E-state index is -1.09. The fourth-order valence-electron chi connectivity index (χ4n) is 5.29. The van der Waals surface area contributed by atoms with Crippen molar-refractivity contribution in [3.05, 3.63) is 113 Å². The number of benzene rings is 4. The van der Waals surface area contributed by atoms with Crippen LogP contribution in [0.15, 0.2) is 88.8 Å². The second-order valence-electron chi connectivity index (χ2n) is 10.3. The molecule has 0 bridgehead atoms. The Morgan fingerprint density at radius 1 is 1.02 bits per heavy atom. The van der Waals surface area contributed by atoms with Crippen molar-refractivity contribution in [2.45, 2.75) is 30.0 Å². The van der Waals surface area contributed by atoms with Gasteiger partial charge in [0.15, 0.2) is 15.8 Å². The van der Waals surface area contributed by atoms with Gasteiger partial charge < -0.3 is 14.6 Å². The molecule has 0 spiro atoms. The van der Waals surface area contributed by atoms with E-state index in [0.717, 1.165) is 22.4 Å². The summed E-state index contributed by atoms with van der Waals surface area (Å²) in [7, 11) is 1.48. The van der Waals surface area contributed by atoms with E-state index in [0.29, 0.717) is 39.3 Å². The van der Waals surface area contributed by atoms with E-state index in [9.17, 15) is 19.1 Å². The highest BCUT2D eigenvalue weighted by molar-refractivity contribution is 8.00. The van der Waals surface area contributed by atoms with E-state index in [1.807, 2.05) is 25.1 Å². The molecule has 0 radical (unpaired) electrons. The highest BCUT2D eigenvalue weighted by Gasteiger charge is 2.48. The second kappa shape index (κ2) is 12.7. The average Bonchev–Trinajstić information content (AvgIpc) is 3.62. The SMILES string of the molecule is CCOc1ccc(C2/C(=C(\O)c3ccc(C)c(F)c3)C(=O)C(=O)N2c2nnc(SCc3cccc4ccccc34)s2)cc1OC. The molecular formula is C34H28FN3O5S2. The molecular weight excluding hydrogens is 614 g/mol. The summed E-state index contributed by atoms with van der Waals surface area (Å²) in [6.45, 7) is 3.83. The lowest BCUT2D eigenvalue weighted by Crippen LogP contribution is -2.29. The average molecular weight is 642 g/mol. The number of ketones is 1. The predicted molar refractivity (Wildman–Crippen MR) is 174 cm³/mol. The monoisotopic (exact) mass is 641 g/mol. The highest BCUT2D eigenvalue weighted by atomic mass is 32.2. The van der Waals surface area contributed by atoms with Gasteiger partial charge in [0.1, 0.15) is 11.6 Å². The smallest absolute Gasteiger partial charge is 0.301 e. The third kappa shape index (κ3) is 5.76. The third-order valence-electron chi connectivity index (χ3n) is 7.53. The number of aliphatic hydroxyl groups excluding tert-OH is 1. The number of aliphatic hydroxyl groups is 1. The van der Waals surface area contributed by atoms with Crippen LogP contribution in [-0.2, 0) is 15.3 Å². The Hall–Kier alpha value is -4.74. The van der Waals surface area contributed by atoms with Gasteiger partial charge in [0, 0.05) is 11.3 Å². The van der Waals surface area contributed by atoms with Crippen LogP contribution in [0.3, 0.4) is 0 Å². The maximum atomic E-state index is 14.5. The lowest BCUT2D eigenvalue weighted by Gasteiger charge is -2.23. The number of thioether (sulfide) groups is 1. The number of rotatable bonds is 9. The van der Waals surface area contributed by atoms with Crippen molar-refractivity contribution in [1.29, 1.82) is 0 Å². The van der Waals surface area contributed by atoms with Gasteiger partial charge >= 0.3 is 5.91 Å². The summed E-state index contributed by atoms with van der Waals surface area (Å²) in [6.07, 6.45) is 0. The van der Waals surface area contributed by atoms with Crippen LogP contribution in [0, 0.1) is 12.7 Å². The van der Waals surface area contributed by atoms with Crippen molar-refractivity contribution in [2.75, 3.05) is 18.6 Å². The van der Waals surface area contributed by atoms with E-state index in [-0.39, 0.29) is 16.3 Å². The molecule has 4 aromatic carbocycles. The molecule has 228 valence electrons. The van der Waals surface area contributed by atoms with Gasteiger partial charge in [0.2, 0.25) is 5.13 Å². The number of aryl methyl sites for hydroxylation is 1. The number of carbonyl (C=O) groups excluding carboxylic acids is 2. The molecule has 1 saturated heterocycles. The number of anilines is 1. The molecule has 1 unspecified atom stereocenters. The number of carbonyl (C=O) groups is 2. The summed E-state index contributed by atoms with van der Waals surface area (Å²) in [5, 5.41) is 22.5. The van der Waals surface area contributed by atoms with E-state index < -0.39 is 29.3 Å². The largest absolute Gasteiger partial charge is 0.507 e. The molecule has 1 fully saturated rings. The summed E-state index contributed by atoms with van der Waals surface area (Å²) in [6, 6.07) is 22.3. The normalized spacial score (nSPS) is 16.0. The second-order valence-corrected chi connectivity index (χ2v) is 12.4. The minimum Gasteiger partial charge on any atom is -0.507 e. The molecule has 1 atom stereocenters. The van der Waals surface area contributed by atoms with Crippen LogP contribution in [-0.4, -0.2) is 40.7 Å². The van der Waals surface area contributed by atoms with E-state index in [1.54, 1.807) is 25.1 Å². The van der Waals surface area contributed by atoms with Crippen LogP contribution in [0.25, 0.3) is 16.5 Å². The summed E-state index contributed by atoms with van der Waals surface area (Å²) >= 11 is 2.64. The molecule has 0 saturated carbocycles. The number of hydrogen-bond donors (Lipinski definition) is 1. The van der Waals surface area contributed by atoms with Crippen molar-refractivity contribution >= 4 is 56.5 Å². The number of ether oxygens (including phenoxy) is 2. The number of Topliss-reactive ketones (excluding diaryl/α,β-unsaturated/α-hetero) is 1. The Bertz CT molecular complexity index is 1970. The van der Waals surface area contributed by atoms with Gasteiger partial charge in [-0.25, -0.2) is 4.39 Å². The number of methoxy groups -OCH3 is 1. The first-order valence-electron chi connectivity index (χ1n) is 14.1. The molecule has 8 nitrogen and oxygen atoms in total. The molecule has 1 amide bonds. The summed E-state index contributed by atoms with van der Waals surface area (Å²) in [4.78, 5) is 28.5. The quantitative estimate of drug-likeness (QED) is 0.0582. The molecule has 2 heterocycles. The fraction of sp³-hybridized carbons (Fsp3) is 0.176. The van der Waals surface area contributed by atoms with Gasteiger partial charge in [-0.15, -0.1) is 10.2 Å². The molecule has 6 rings (SSSR count). The van der Waals surface area contributed by atoms with Crippen LogP contribution in [0.4, 0.5) is 9.52 Å². The van der Waals surface area contributed by atoms with Crippen LogP contribution in [0.1, 0.15) is 35.2 Å². The van der Waals surface area contributed by atoms with Gasteiger partial charge in [-0.3, -0.25) is 14.5 Å². The van der Waals surface area contributed by atoms with Crippen LogP contribution >= 0.6 is 23.1 Å². The number of aromatic nitrogens is 2. The Morgan fingerprint density at radius 3 is 2.60 bits per heavy atom. The van der Waals surface area contributed by atoms with Gasteiger partial charge in [-0.1, -0.05) is 83.8 Å². The van der Waals surface area contributed by atoms with E-state index in [4.69, 9.17) is 9.47 Å². The van der Waals surface area contributed by atoms with Gasteiger partial charge in [-0.05, 0) is 59.5 Å². The third-order valence-corrected chi connectivity index (χ3v) is 9.63. The lowest BCUT2D eigenvalue weighted by atomic mass is 9.94. The molecule has 1 aromatic heterocycles. The molecule has 1 aliphatic rings. The zero-order valence-electron chi connectivity index (χ0n) is 24.6. The lowest BCUT2D eigenvalue weighted by molar-refractivity contribution is -0.132. The maximum absolute atomic E-state index is 14.5. The Kier molecular flexibility index (Phi) is 8.55. The fourth-order valence-corrected chi connectivity index (χ4v) is 7.16. The molecule has 0 aliphatic carbocycles. The van der Waals surface area contributed by atoms with Crippen molar-refractivity contribution in [3.8, 4) is 11.5 Å². The van der Waals surface area contributed by atoms with Crippen LogP contribution in [0.2, 0.25) is 0 Å². The van der Waals surface area contributed by atoms with Crippen molar-refractivity contribution < 1.29 is 28.6 Å². The molecule has 5 aromatic rings. The minimum absolute atomic E-state index is 0.0718. The van der Waals surface area contributed by atoms with Gasteiger partial charge in [0.05, 0.1) is 25.3 Å². The van der Waals surface area contributed by atoms with Crippen molar-refractivity contribution in [2.24, 2.45) is 0 Å². The van der Waals surface area contributed by atoms with E-state index in [1.165, 1.54) is 47.2 Å². The Balaban J connectivity index is 1.41. The first kappa shape index (κ1) is 30.3. The standard InChI is InChI=1S/C34H28FN3O5S2/c1-4-43-26-15-14-21(17-27(26)42-3)29-28(30(39)22-13-12-19(2)25(35)16-22)31(40)32(41)38(29)33-36-37-34(45-33)44-18-23-10-7-9-20-8-5-6-11-24(20)23/h5-17,29,39H,4,18H2,1-3H3/b30-28+. The van der Waals surface area contributed by atoms with Crippen molar-refractivity contribution in [3.63, 3.8) is 0 Å². The topological polar surface area (TPSA) is 102 Å². The number of hydrogen-bond acceptors (Lipinski definition) is 9. The molecule has 1 aliphatic heterocycles. The van der Waals surface area contributed by atoms with E-state index in [2.05, 4.69) is 34.5 Å². The zero-order valence-corrected chi connectivity index (χ0v) is 26.2. The highest BCUT2D eigenvalue weighted by Crippen LogP contribution is 2.46. The Labute approximate surface area is 267 Å². The maximum Gasteiger partial charge on any atom is 0.301 e. The van der Waals surface area contributed by atoms with Gasteiger partial charge in [0.25, 0.3) is 5.78 Å². The molecule has 45 heavy (non-hydrogen) atoms. The van der Waals surface area contributed by atoms with E-state index >= 15 is 0 Å². The number of halogens is 1. The van der Waals surface area contributed by atoms with Gasteiger partial charge in [-0.2, -0.15) is 0 Å². The predicted octanol–water partition coefficient (Wildman–Crippen LogP) is 7.46. The zero-order chi connectivity index (χ0) is 31.7. The first-order chi connectivity index (χ1) is 21.8. The van der Waals surface area contributed by atoms with Crippen LogP contribution in [0.5, 0.6) is 11.5 Å². The van der Waals surface area contributed by atoms with Crippen molar-refractivity contribution in [1.82, 2.24) is 10.2 Å². The Morgan fingerprint density at radius 2 is 1.82 bits per heavy atom. The molecule has 1 N–H and O–H groups in total. The molecule has 11 heteroatoms. The number of nitrogens with zero attached hydrogens (tertiary/aromatic N) is 3. The number of fused-ring (bicyclic) bond motifs is 1. The first-order valence-corrected chi connectivity index (χ1v) is 15.9.